The number of hydrogen-bond acceptors (Lipinski definition) is 2. The van der Waals surface area contributed by atoms with Crippen LogP contribution in [0.4, 0.5) is 11.4 Å². The van der Waals surface area contributed by atoms with Crippen LogP contribution in [-0.2, 0) is 0 Å². The smallest absolute Gasteiger partial charge is 0.0801 e. The lowest BCUT2D eigenvalue weighted by molar-refractivity contribution is 1.32. The Labute approximate surface area is 147 Å². The minimum atomic E-state index is 0.979. The first-order valence-corrected chi connectivity index (χ1v) is 8.34. The number of nitrogens with zero attached hydrogens (tertiary/aromatic N) is 1. The summed E-state index contributed by atoms with van der Waals surface area (Å²) in [6.45, 7) is 0. The number of nitrogens with one attached hydrogen (secondary N) is 1. The quantitative estimate of drug-likeness (QED) is 0.487. The summed E-state index contributed by atoms with van der Waals surface area (Å²) < 4.78 is 0. The Morgan fingerprint density at radius 3 is 1.76 bits per heavy atom. The van der Waals surface area contributed by atoms with Gasteiger partial charge >= 0.3 is 0 Å². The van der Waals surface area contributed by atoms with Gasteiger partial charge in [0.05, 0.1) is 11.4 Å². The fourth-order valence-electron chi connectivity index (χ4n) is 2.95. The maximum atomic E-state index is 4.69. The number of pyridine rings is 1. The number of rotatable bonds is 4. The molecule has 25 heavy (non-hydrogen) atoms. The predicted octanol–water partition coefficient (Wildman–Crippen LogP) is 6.16. The Bertz CT molecular complexity index is 949. The van der Waals surface area contributed by atoms with Crippen molar-refractivity contribution < 1.29 is 0 Å². The summed E-state index contributed by atoms with van der Waals surface area (Å²) in [6.07, 6.45) is 1.86. The van der Waals surface area contributed by atoms with E-state index >= 15 is 0 Å². The average Bonchev–Trinajstić information content (AvgIpc) is 2.70. The van der Waals surface area contributed by atoms with Gasteiger partial charge in [-0.25, -0.2) is 0 Å². The molecule has 1 N–H and O–H groups in total. The van der Waals surface area contributed by atoms with Crippen molar-refractivity contribution in [1.82, 2.24) is 4.98 Å². The number of anilines is 2. The van der Waals surface area contributed by atoms with E-state index in [2.05, 4.69) is 58.8 Å². The molecule has 3 aromatic carbocycles. The summed E-state index contributed by atoms with van der Waals surface area (Å²) in [4.78, 5) is 4.69. The fourth-order valence-corrected chi connectivity index (χ4v) is 2.95. The molecular formula is C23H18N2. The highest BCUT2D eigenvalue weighted by Crippen LogP contribution is 2.37. The van der Waals surface area contributed by atoms with E-state index in [0.717, 1.165) is 33.8 Å². The fraction of sp³-hybridized carbons (Fsp3) is 0. The summed E-state index contributed by atoms with van der Waals surface area (Å²) in [5.41, 5.74) is 6.45. The number of benzene rings is 3. The molecule has 0 amide bonds. The van der Waals surface area contributed by atoms with Gasteiger partial charge in [-0.05, 0) is 23.8 Å². The molecule has 0 bridgehead atoms. The molecule has 0 unspecified atom stereocenters. The van der Waals surface area contributed by atoms with Crippen molar-refractivity contribution in [3.63, 3.8) is 0 Å². The second kappa shape index (κ2) is 7.02. The maximum Gasteiger partial charge on any atom is 0.0801 e. The SMILES string of the molecule is c1ccc(Nc2ccnc(-c3ccccc3)c2-c2ccccc2)cc1. The van der Waals surface area contributed by atoms with E-state index in [4.69, 9.17) is 0 Å². The number of hydrogen-bond donors (Lipinski definition) is 1. The first kappa shape index (κ1) is 15.2. The number of aromatic nitrogens is 1. The molecule has 120 valence electrons. The molecule has 4 rings (SSSR count). The lowest BCUT2D eigenvalue weighted by Crippen LogP contribution is -1.97. The van der Waals surface area contributed by atoms with E-state index in [-0.39, 0.29) is 0 Å². The first-order valence-electron chi connectivity index (χ1n) is 8.34. The van der Waals surface area contributed by atoms with Gasteiger partial charge in [-0.2, -0.15) is 0 Å². The third-order valence-electron chi connectivity index (χ3n) is 4.11. The molecule has 4 aromatic rings. The van der Waals surface area contributed by atoms with Crippen molar-refractivity contribution in [2.24, 2.45) is 0 Å². The van der Waals surface area contributed by atoms with Gasteiger partial charge in [-0.3, -0.25) is 4.98 Å². The van der Waals surface area contributed by atoms with Crippen LogP contribution in [0, 0.1) is 0 Å². The van der Waals surface area contributed by atoms with E-state index in [1.54, 1.807) is 0 Å². The Kier molecular flexibility index (Phi) is 4.25. The average molecular weight is 322 g/mol. The summed E-state index contributed by atoms with van der Waals surface area (Å²) >= 11 is 0. The third-order valence-corrected chi connectivity index (χ3v) is 4.11. The van der Waals surface area contributed by atoms with E-state index in [0.29, 0.717) is 0 Å². The van der Waals surface area contributed by atoms with Crippen LogP contribution in [0.15, 0.2) is 103 Å². The van der Waals surface area contributed by atoms with Gasteiger partial charge in [-0.1, -0.05) is 78.9 Å². The molecule has 0 fully saturated rings. The van der Waals surface area contributed by atoms with Gasteiger partial charge in [-0.15, -0.1) is 0 Å². The van der Waals surface area contributed by atoms with Crippen LogP contribution in [0.3, 0.4) is 0 Å². The van der Waals surface area contributed by atoms with Crippen molar-refractivity contribution >= 4 is 11.4 Å². The lowest BCUT2D eigenvalue weighted by Gasteiger charge is -2.16. The summed E-state index contributed by atoms with van der Waals surface area (Å²) in [5.74, 6) is 0. The van der Waals surface area contributed by atoms with Gasteiger partial charge in [0, 0.05) is 23.0 Å². The highest BCUT2D eigenvalue weighted by Gasteiger charge is 2.13. The van der Waals surface area contributed by atoms with E-state index in [1.165, 1.54) is 0 Å². The van der Waals surface area contributed by atoms with Gasteiger partial charge in [0.2, 0.25) is 0 Å². The molecule has 0 aliphatic carbocycles. The Hall–Kier alpha value is -3.39. The van der Waals surface area contributed by atoms with E-state index in [1.807, 2.05) is 54.7 Å². The van der Waals surface area contributed by atoms with Crippen LogP contribution < -0.4 is 5.32 Å². The molecule has 0 aliphatic rings. The van der Waals surface area contributed by atoms with Crippen molar-refractivity contribution in [1.29, 1.82) is 0 Å². The molecular weight excluding hydrogens is 304 g/mol. The Morgan fingerprint density at radius 2 is 1.12 bits per heavy atom. The van der Waals surface area contributed by atoms with Crippen LogP contribution in [0.5, 0.6) is 0 Å². The standard InChI is InChI=1S/C23H18N2/c1-4-10-18(11-5-1)22-21(25-20-14-8-3-9-15-20)16-17-24-23(22)19-12-6-2-7-13-19/h1-17H,(H,24,25). The molecule has 0 saturated carbocycles. The summed E-state index contributed by atoms with van der Waals surface area (Å²) in [6, 6.07) is 33.0. The second-order valence-corrected chi connectivity index (χ2v) is 5.81. The highest BCUT2D eigenvalue weighted by atomic mass is 14.9. The van der Waals surface area contributed by atoms with Gasteiger partial charge in [0.15, 0.2) is 0 Å². The van der Waals surface area contributed by atoms with Crippen molar-refractivity contribution in [3.05, 3.63) is 103 Å². The monoisotopic (exact) mass is 322 g/mol. The molecule has 2 heteroatoms. The van der Waals surface area contributed by atoms with Gasteiger partial charge in [0.1, 0.15) is 0 Å². The third kappa shape index (κ3) is 3.29. The summed E-state index contributed by atoms with van der Waals surface area (Å²) in [5, 5.41) is 3.54. The lowest BCUT2D eigenvalue weighted by atomic mass is 9.97. The van der Waals surface area contributed by atoms with Crippen LogP contribution in [-0.4, -0.2) is 4.98 Å². The summed E-state index contributed by atoms with van der Waals surface area (Å²) in [7, 11) is 0. The zero-order chi connectivity index (χ0) is 16.9. The molecule has 0 aliphatic heterocycles. The molecule has 0 saturated heterocycles. The van der Waals surface area contributed by atoms with E-state index in [9.17, 15) is 0 Å². The minimum Gasteiger partial charge on any atom is -0.355 e. The first-order chi connectivity index (χ1) is 12.4. The Balaban J connectivity index is 1.89. The van der Waals surface area contributed by atoms with Crippen LogP contribution in [0.2, 0.25) is 0 Å². The molecule has 1 aromatic heterocycles. The van der Waals surface area contributed by atoms with Gasteiger partial charge < -0.3 is 5.32 Å². The Morgan fingerprint density at radius 1 is 0.560 bits per heavy atom. The zero-order valence-electron chi connectivity index (χ0n) is 13.8. The van der Waals surface area contributed by atoms with Crippen LogP contribution in [0.25, 0.3) is 22.4 Å². The van der Waals surface area contributed by atoms with Crippen LogP contribution in [0.1, 0.15) is 0 Å². The highest BCUT2D eigenvalue weighted by molar-refractivity contribution is 5.91. The molecule has 2 nitrogen and oxygen atoms in total. The number of para-hydroxylation sites is 1. The molecule has 1 heterocycles. The van der Waals surface area contributed by atoms with Crippen molar-refractivity contribution in [2.45, 2.75) is 0 Å². The predicted molar refractivity (Wildman–Crippen MR) is 105 cm³/mol. The zero-order valence-corrected chi connectivity index (χ0v) is 13.8. The molecule has 0 atom stereocenters. The molecule has 0 radical (unpaired) electrons. The molecule has 0 spiro atoms. The second-order valence-electron chi connectivity index (χ2n) is 5.81. The minimum absolute atomic E-state index is 0.979. The maximum absolute atomic E-state index is 4.69. The van der Waals surface area contributed by atoms with E-state index < -0.39 is 0 Å². The van der Waals surface area contributed by atoms with Gasteiger partial charge in [0.25, 0.3) is 0 Å². The largest absolute Gasteiger partial charge is 0.355 e. The van der Waals surface area contributed by atoms with Crippen LogP contribution >= 0.6 is 0 Å². The normalized spacial score (nSPS) is 10.4. The van der Waals surface area contributed by atoms with Crippen molar-refractivity contribution in [2.75, 3.05) is 5.32 Å². The van der Waals surface area contributed by atoms with Crippen molar-refractivity contribution in [3.8, 4) is 22.4 Å². The topological polar surface area (TPSA) is 24.9 Å².